The van der Waals surface area contributed by atoms with E-state index in [4.69, 9.17) is 9.47 Å². The summed E-state index contributed by atoms with van der Waals surface area (Å²) in [5.74, 6) is 2.60. The van der Waals surface area contributed by atoms with E-state index >= 15 is 0 Å². The van der Waals surface area contributed by atoms with Gasteiger partial charge < -0.3 is 19.4 Å². The summed E-state index contributed by atoms with van der Waals surface area (Å²) in [6.45, 7) is 10.8. The van der Waals surface area contributed by atoms with E-state index in [2.05, 4.69) is 87.0 Å². The van der Waals surface area contributed by atoms with E-state index < -0.39 is 0 Å². The molecule has 0 bridgehead atoms. The summed E-state index contributed by atoms with van der Waals surface area (Å²) in [5.41, 5.74) is 7.15. The summed E-state index contributed by atoms with van der Waals surface area (Å²) in [5, 5.41) is 0.974. The van der Waals surface area contributed by atoms with Crippen molar-refractivity contribution in [3.05, 3.63) is 114 Å². The summed E-state index contributed by atoms with van der Waals surface area (Å²) in [6.07, 6.45) is 9.34. The fourth-order valence-electron chi connectivity index (χ4n) is 8.91. The number of nitrogens with zero attached hydrogens (tertiary/aromatic N) is 4. The molecule has 8 rings (SSSR count). The van der Waals surface area contributed by atoms with E-state index in [9.17, 15) is 4.79 Å². The van der Waals surface area contributed by atoms with E-state index in [1.54, 1.807) is 13.3 Å². The number of carbonyl (C=O) groups is 1. The summed E-state index contributed by atoms with van der Waals surface area (Å²) in [6, 6.07) is 28.6. The molecule has 1 saturated carbocycles. The molecule has 1 spiro atoms. The molecule has 5 aromatic rings. The first kappa shape index (κ1) is 33.5. The number of piperidine rings is 1. The zero-order valence-electron chi connectivity index (χ0n) is 30.1. The van der Waals surface area contributed by atoms with Gasteiger partial charge in [0.05, 0.1) is 18.9 Å². The monoisotopic (exact) mass is 683 g/mol. The minimum Gasteiger partial charge on any atom is -0.497 e. The molecule has 0 radical (unpaired) electrons. The van der Waals surface area contributed by atoms with Crippen LogP contribution in [-0.4, -0.2) is 71.9 Å². The fourth-order valence-corrected chi connectivity index (χ4v) is 8.91. The first-order chi connectivity index (χ1) is 24.9. The quantitative estimate of drug-likeness (QED) is 0.148. The Morgan fingerprint density at radius 3 is 2.59 bits per heavy atom. The normalized spacial score (nSPS) is 19.8. The number of H-pyrrole nitrogens is 1. The van der Waals surface area contributed by atoms with Gasteiger partial charge in [-0.3, -0.25) is 14.6 Å². The Morgan fingerprint density at radius 2 is 1.78 bits per heavy atom. The van der Waals surface area contributed by atoms with Crippen molar-refractivity contribution < 1.29 is 14.3 Å². The van der Waals surface area contributed by atoms with Gasteiger partial charge in [-0.2, -0.15) is 0 Å². The summed E-state index contributed by atoms with van der Waals surface area (Å²) >= 11 is 0. The number of aldehydes is 1. The molecule has 51 heavy (non-hydrogen) atoms. The number of hydrogen-bond acceptors (Lipinski definition) is 7. The molecule has 8 nitrogen and oxygen atoms in total. The molecule has 3 aromatic carbocycles. The molecule has 4 heterocycles. The minimum atomic E-state index is 0.383. The lowest BCUT2D eigenvalue weighted by atomic mass is 9.59. The molecule has 1 aliphatic carbocycles. The van der Waals surface area contributed by atoms with Gasteiger partial charge in [0.25, 0.3) is 0 Å². The number of aromatic nitrogens is 2. The fraction of sp³-hybridized carbons (Fsp3) is 0.395. The van der Waals surface area contributed by atoms with Crippen molar-refractivity contribution in [3.8, 4) is 17.2 Å². The zero-order valence-corrected chi connectivity index (χ0v) is 30.1. The highest BCUT2D eigenvalue weighted by atomic mass is 16.5. The van der Waals surface area contributed by atoms with Gasteiger partial charge in [-0.25, -0.2) is 4.98 Å². The number of anilines is 1. The van der Waals surface area contributed by atoms with Gasteiger partial charge in [0.2, 0.25) is 0 Å². The third-order valence-electron chi connectivity index (χ3n) is 11.7. The predicted octanol–water partition coefficient (Wildman–Crippen LogP) is 8.61. The maximum atomic E-state index is 11.9. The Hall–Kier alpha value is -4.66. The molecule has 1 atom stereocenters. The van der Waals surface area contributed by atoms with Gasteiger partial charge in [0.1, 0.15) is 22.9 Å². The van der Waals surface area contributed by atoms with Crippen molar-refractivity contribution in [1.29, 1.82) is 0 Å². The van der Waals surface area contributed by atoms with Crippen molar-refractivity contribution in [2.45, 2.75) is 64.1 Å². The third-order valence-corrected chi connectivity index (χ3v) is 11.7. The van der Waals surface area contributed by atoms with E-state index in [0.29, 0.717) is 40.5 Å². The zero-order chi connectivity index (χ0) is 35.0. The van der Waals surface area contributed by atoms with Crippen molar-refractivity contribution in [3.63, 3.8) is 0 Å². The van der Waals surface area contributed by atoms with Crippen LogP contribution in [0.15, 0.2) is 91.3 Å². The number of fused-ring (bicyclic) bond motifs is 1. The molecule has 3 fully saturated rings. The smallest absolute Gasteiger partial charge is 0.153 e. The topological polar surface area (TPSA) is 73.9 Å². The Bertz CT molecular complexity index is 1990. The van der Waals surface area contributed by atoms with E-state index in [0.717, 1.165) is 68.0 Å². The number of nitrogens with one attached hydrogen (secondary N) is 1. The maximum Gasteiger partial charge on any atom is 0.153 e. The highest BCUT2D eigenvalue weighted by Crippen LogP contribution is 2.53. The number of aromatic amines is 1. The standard InChI is InChI=1S/C43H49N5O3/c1-30(2)38-9-4-5-10-39(38)40-28-46(27-31-7-6-8-36(21-31)50-3)19-20-48(40)35-24-43(25-35)14-17-47(18-15-43)34-12-11-33(29-49)41(23-34)51-37-22-32-13-16-44-42(32)45-26-37/h4-13,16,21-23,26,29-30,35,40H,14-15,17-20,24-25,27-28H2,1-3H3,(H,44,45). The number of benzene rings is 3. The van der Waals surface area contributed by atoms with Crippen LogP contribution in [-0.2, 0) is 6.54 Å². The molecule has 1 N–H and O–H groups in total. The van der Waals surface area contributed by atoms with Crippen LogP contribution in [0.2, 0.25) is 0 Å². The largest absolute Gasteiger partial charge is 0.497 e. The van der Waals surface area contributed by atoms with E-state index in [1.807, 2.05) is 36.5 Å². The predicted molar refractivity (Wildman–Crippen MR) is 203 cm³/mol. The number of ether oxygens (including phenoxy) is 2. The second-order valence-electron chi connectivity index (χ2n) is 15.2. The van der Waals surface area contributed by atoms with Gasteiger partial charge >= 0.3 is 0 Å². The van der Waals surface area contributed by atoms with Gasteiger partial charge in [-0.05, 0) is 90.1 Å². The van der Waals surface area contributed by atoms with Crippen LogP contribution in [0.5, 0.6) is 17.2 Å². The molecular formula is C43H49N5O3. The molecule has 1 unspecified atom stereocenters. The maximum absolute atomic E-state index is 11.9. The van der Waals surface area contributed by atoms with Gasteiger partial charge in [-0.1, -0.05) is 50.2 Å². The Labute approximate surface area is 301 Å². The van der Waals surface area contributed by atoms with E-state index in [-0.39, 0.29) is 0 Å². The lowest BCUT2D eigenvalue weighted by Crippen LogP contribution is -2.60. The average molecular weight is 684 g/mol. The highest BCUT2D eigenvalue weighted by molar-refractivity contribution is 5.81. The number of hydrogen-bond donors (Lipinski definition) is 1. The molecule has 3 aliphatic rings. The van der Waals surface area contributed by atoms with Crippen LogP contribution in [0.1, 0.15) is 78.5 Å². The van der Waals surface area contributed by atoms with Crippen LogP contribution < -0.4 is 14.4 Å². The molecule has 8 heteroatoms. The van der Waals surface area contributed by atoms with Crippen LogP contribution in [0, 0.1) is 5.41 Å². The van der Waals surface area contributed by atoms with Crippen LogP contribution in [0.25, 0.3) is 11.0 Å². The van der Waals surface area contributed by atoms with Crippen molar-refractivity contribution in [2.75, 3.05) is 44.7 Å². The van der Waals surface area contributed by atoms with E-state index in [1.165, 1.54) is 42.4 Å². The lowest BCUT2D eigenvalue weighted by molar-refractivity contribution is -0.0628. The summed E-state index contributed by atoms with van der Waals surface area (Å²) < 4.78 is 11.8. The molecule has 2 aliphatic heterocycles. The van der Waals surface area contributed by atoms with Crippen molar-refractivity contribution in [2.24, 2.45) is 5.41 Å². The van der Waals surface area contributed by atoms with Crippen LogP contribution >= 0.6 is 0 Å². The molecule has 2 saturated heterocycles. The van der Waals surface area contributed by atoms with Gasteiger partial charge in [0.15, 0.2) is 6.29 Å². The summed E-state index contributed by atoms with van der Waals surface area (Å²) in [7, 11) is 1.74. The average Bonchev–Trinajstić information content (AvgIpc) is 3.62. The number of pyridine rings is 1. The number of methoxy groups -OCH3 is 1. The summed E-state index contributed by atoms with van der Waals surface area (Å²) in [4.78, 5) is 27.5. The first-order valence-corrected chi connectivity index (χ1v) is 18.6. The molecule has 2 aromatic heterocycles. The van der Waals surface area contributed by atoms with Gasteiger partial charge in [0, 0.05) is 74.7 Å². The van der Waals surface area contributed by atoms with Crippen molar-refractivity contribution >= 4 is 23.0 Å². The number of carbonyl (C=O) groups excluding carboxylic acids is 1. The second kappa shape index (κ2) is 14.2. The Kier molecular flexibility index (Phi) is 9.30. The van der Waals surface area contributed by atoms with Crippen molar-refractivity contribution in [1.82, 2.24) is 19.8 Å². The first-order valence-electron chi connectivity index (χ1n) is 18.6. The van der Waals surface area contributed by atoms with Gasteiger partial charge in [-0.15, -0.1) is 0 Å². The molecular weight excluding hydrogens is 635 g/mol. The highest BCUT2D eigenvalue weighted by Gasteiger charge is 2.50. The Morgan fingerprint density at radius 1 is 0.941 bits per heavy atom. The lowest BCUT2D eigenvalue weighted by Gasteiger charge is -2.58. The number of rotatable bonds is 10. The molecule has 0 amide bonds. The molecule has 264 valence electrons. The second-order valence-corrected chi connectivity index (χ2v) is 15.2. The van der Waals surface area contributed by atoms with Crippen LogP contribution in [0.3, 0.4) is 0 Å². The SMILES string of the molecule is COc1cccc(CN2CCN(C3CC4(CCN(c5ccc(C=O)c(Oc6cnc7[nH]ccc7c6)c5)CC4)C3)C(c3ccccc3C(C)C)C2)c1. The van der Waals surface area contributed by atoms with Crippen LogP contribution in [0.4, 0.5) is 5.69 Å². The third kappa shape index (κ3) is 6.87. The Balaban J connectivity index is 0.942. The minimum absolute atomic E-state index is 0.383. The number of piperazine rings is 1.